The number of methoxy groups -OCH3 is 1. The molecule has 5 rings (SSSR count). The van der Waals surface area contributed by atoms with Crippen molar-refractivity contribution in [2.75, 3.05) is 20.3 Å². The second-order valence-corrected chi connectivity index (χ2v) is 9.12. The SMILES string of the molecule is COC(=O)C1CCCN1C(=O)COc1ccccc1Cc1nc2c(cnn2C2CCCC2)c(=O)[nH]1. The highest BCUT2D eigenvalue weighted by atomic mass is 16.5. The van der Waals surface area contributed by atoms with Crippen LogP contribution in [0.5, 0.6) is 5.75 Å². The maximum absolute atomic E-state index is 12.8. The number of carbonyl (C=O) groups is 2. The van der Waals surface area contributed by atoms with Crippen molar-refractivity contribution in [3.8, 4) is 5.75 Å². The molecule has 0 radical (unpaired) electrons. The fourth-order valence-electron chi connectivity index (χ4n) is 5.12. The summed E-state index contributed by atoms with van der Waals surface area (Å²) in [4.78, 5) is 46.6. The molecule has 3 aromatic rings. The second-order valence-electron chi connectivity index (χ2n) is 9.12. The molecule has 184 valence electrons. The van der Waals surface area contributed by atoms with E-state index in [2.05, 4.69) is 10.1 Å². The number of amides is 1. The van der Waals surface area contributed by atoms with Crippen molar-refractivity contribution < 1.29 is 19.1 Å². The summed E-state index contributed by atoms with van der Waals surface area (Å²) < 4.78 is 12.6. The van der Waals surface area contributed by atoms with Gasteiger partial charge in [-0.15, -0.1) is 0 Å². The van der Waals surface area contributed by atoms with E-state index in [-0.39, 0.29) is 24.1 Å². The van der Waals surface area contributed by atoms with Gasteiger partial charge in [-0.2, -0.15) is 5.10 Å². The fourth-order valence-corrected chi connectivity index (χ4v) is 5.12. The number of aromatic amines is 1. The molecule has 1 saturated heterocycles. The van der Waals surface area contributed by atoms with Gasteiger partial charge in [0.05, 0.1) is 19.3 Å². The molecule has 1 unspecified atom stereocenters. The van der Waals surface area contributed by atoms with Gasteiger partial charge in [0.15, 0.2) is 12.3 Å². The Morgan fingerprint density at radius 2 is 1.94 bits per heavy atom. The molecule has 1 aliphatic heterocycles. The van der Waals surface area contributed by atoms with Crippen molar-refractivity contribution in [1.82, 2.24) is 24.6 Å². The molecule has 2 aromatic heterocycles. The number of fused-ring (bicyclic) bond motifs is 1. The first-order chi connectivity index (χ1) is 17.0. The van der Waals surface area contributed by atoms with Gasteiger partial charge in [-0.05, 0) is 31.7 Å². The molecule has 10 nitrogen and oxygen atoms in total. The fraction of sp³-hybridized carbons (Fsp3) is 0.480. The van der Waals surface area contributed by atoms with Crippen molar-refractivity contribution in [3.63, 3.8) is 0 Å². The van der Waals surface area contributed by atoms with Gasteiger partial charge in [0, 0.05) is 18.5 Å². The molecular weight excluding hydrogens is 450 g/mol. The van der Waals surface area contributed by atoms with E-state index in [0.717, 1.165) is 37.7 Å². The zero-order valence-electron chi connectivity index (χ0n) is 19.7. The van der Waals surface area contributed by atoms with E-state index in [0.29, 0.717) is 42.0 Å². The van der Waals surface area contributed by atoms with Crippen LogP contribution >= 0.6 is 0 Å². The van der Waals surface area contributed by atoms with Crippen molar-refractivity contribution >= 4 is 22.9 Å². The number of rotatable bonds is 7. The lowest BCUT2D eigenvalue weighted by atomic mass is 10.1. The van der Waals surface area contributed by atoms with E-state index in [1.54, 1.807) is 12.3 Å². The van der Waals surface area contributed by atoms with Crippen LogP contribution in [-0.4, -0.2) is 62.8 Å². The van der Waals surface area contributed by atoms with Gasteiger partial charge in [-0.3, -0.25) is 9.59 Å². The molecule has 1 aliphatic carbocycles. The number of H-pyrrole nitrogens is 1. The Bertz CT molecular complexity index is 1290. The quantitative estimate of drug-likeness (QED) is 0.517. The van der Waals surface area contributed by atoms with Gasteiger partial charge in [0.25, 0.3) is 11.5 Å². The van der Waals surface area contributed by atoms with Gasteiger partial charge >= 0.3 is 5.97 Å². The van der Waals surface area contributed by atoms with Crippen LogP contribution in [0.2, 0.25) is 0 Å². The van der Waals surface area contributed by atoms with E-state index >= 15 is 0 Å². The largest absolute Gasteiger partial charge is 0.483 e. The Balaban J connectivity index is 1.33. The van der Waals surface area contributed by atoms with Crippen molar-refractivity contribution in [2.45, 2.75) is 57.0 Å². The lowest BCUT2D eigenvalue weighted by Crippen LogP contribution is -2.43. The van der Waals surface area contributed by atoms with Crippen LogP contribution < -0.4 is 10.3 Å². The van der Waals surface area contributed by atoms with Gasteiger partial charge in [-0.1, -0.05) is 31.0 Å². The molecule has 3 heterocycles. The van der Waals surface area contributed by atoms with Crippen LogP contribution in [-0.2, 0) is 20.7 Å². The molecule has 0 bridgehead atoms. The highest BCUT2D eigenvalue weighted by Crippen LogP contribution is 2.30. The number of hydrogen-bond acceptors (Lipinski definition) is 7. The summed E-state index contributed by atoms with van der Waals surface area (Å²) in [6, 6.07) is 7.07. The minimum absolute atomic E-state index is 0.193. The average molecular weight is 480 g/mol. The van der Waals surface area contributed by atoms with Crippen molar-refractivity contribution in [3.05, 3.63) is 52.2 Å². The monoisotopic (exact) mass is 479 g/mol. The van der Waals surface area contributed by atoms with E-state index < -0.39 is 12.0 Å². The van der Waals surface area contributed by atoms with Crippen LogP contribution in [0.4, 0.5) is 0 Å². The zero-order valence-corrected chi connectivity index (χ0v) is 19.7. The second kappa shape index (κ2) is 9.89. The van der Waals surface area contributed by atoms with Crippen molar-refractivity contribution in [2.24, 2.45) is 0 Å². The van der Waals surface area contributed by atoms with Gasteiger partial charge < -0.3 is 19.4 Å². The number of carbonyl (C=O) groups excluding carboxylic acids is 2. The summed E-state index contributed by atoms with van der Waals surface area (Å²) in [5, 5.41) is 4.94. The number of ether oxygens (including phenoxy) is 2. The summed E-state index contributed by atoms with van der Waals surface area (Å²) in [5.74, 6) is 0.372. The van der Waals surface area contributed by atoms with Crippen LogP contribution in [0.3, 0.4) is 0 Å². The molecule has 1 atom stereocenters. The number of nitrogens with one attached hydrogen (secondary N) is 1. The molecule has 0 spiro atoms. The Morgan fingerprint density at radius 1 is 1.14 bits per heavy atom. The molecule has 1 saturated carbocycles. The Labute approximate surface area is 202 Å². The van der Waals surface area contributed by atoms with E-state index in [1.165, 1.54) is 12.0 Å². The maximum Gasteiger partial charge on any atom is 0.328 e. The molecule has 35 heavy (non-hydrogen) atoms. The third-order valence-corrected chi connectivity index (χ3v) is 6.91. The van der Waals surface area contributed by atoms with Gasteiger partial charge in [0.1, 0.15) is 23.0 Å². The van der Waals surface area contributed by atoms with E-state index in [1.807, 2.05) is 22.9 Å². The minimum Gasteiger partial charge on any atom is -0.483 e. The smallest absolute Gasteiger partial charge is 0.328 e. The minimum atomic E-state index is -0.558. The van der Waals surface area contributed by atoms with E-state index in [4.69, 9.17) is 14.5 Å². The summed E-state index contributed by atoms with van der Waals surface area (Å²) in [5.41, 5.74) is 1.18. The molecule has 10 heteroatoms. The van der Waals surface area contributed by atoms with Crippen LogP contribution in [0, 0.1) is 0 Å². The van der Waals surface area contributed by atoms with Crippen molar-refractivity contribution in [1.29, 1.82) is 0 Å². The molecule has 2 fully saturated rings. The average Bonchev–Trinajstić information content (AvgIpc) is 3.63. The first-order valence-electron chi connectivity index (χ1n) is 12.1. The van der Waals surface area contributed by atoms with E-state index in [9.17, 15) is 14.4 Å². The molecular formula is C25H29N5O5. The van der Waals surface area contributed by atoms with Crippen LogP contribution in [0.15, 0.2) is 35.3 Å². The number of likely N-dealkylation sites (tertiary alicyclic amines) is 1. The molecule has 1 N–H and O–H groups in total. The lowest BCUT2D eigenvalue weighted by molar-refractivity contribution is -0.151. The summed E-state index contributed by atoms with van der Waals surface area (Å²) in [6.07, 6.45) is 7.66. The standard InChI is InChI=1S/C25H29N5O5/c1-34-25(33)19-10-6-12-29(19)22(31)15-35-20-11-5-2-7-16(20)13-21-27-23-18(24(32)28-21)14-26-30(23)17-8-3-4-9-17/h2,5,7,11,14,17,19H,3-4,6,8-10,12-13,15H2,1H3,(H,27,28,32). The topological polar surface area (TPSA) is 119 Å². The van der Waals surface area contributed by atoms with Gasteiger partial charge in [0.2, 0.25) is 0 Å². The maximum atomic E-state index is 12.8. The molecule has 1 amide bonds. The van der Waals surface area contributed by atoms with Gasteiger partial charge in [-0.25, -0.2) is 14.5 Å². The highest BCUT2D eigenvalue weighted by molar-refractivity contribution is 5.86. The Morgan fingerprint density at radius 3 is 2.74 bits per heavy atom. The zero-order chi connectivity index (χ0) is 24.4. The number of nitrogens with zero attached hydrogens (tertiary/aromatic N) is 4. The number of para-hydroxylation sites is 1. The molecule has 2 aliphatic rings. The van der Waals surface area contributed by atoms with Crippen LogP contribution in [0.1, 0.15) is 56.0 Å². The predicted octanol–water partition coefficient (Wildman–Crippen LogP) is 2.37. The number of esters is 1. The third kappa shape index (κ3) is 4.65. The number of benzene rings is 1. The Hall–Kier alpha value is -3.69. The summed E-state index contributed by atoms with van der Waals surface area (Å²) >= 11 is 0. The summed E-state index contributed by atoms with van der Waals surface area (Å²) in [7, 11) is 1.33. The first-order valence-corrected chi connectivity index (χ1v) is 12.1. The molecule has 1 aromatic carbocycles. The van der Waals surface area contributed by atoms with Crippen LogP contribution in [0.25, 0.3) is 11.0 Å². The third-order valence-electron chi connectivity index (χ3n) is 6.91. The predicted molar refractivity (Wildman–Crippen MR) is 127 cm³/mol. The first kappa shape index (κ1) is 23.1. The Kier molecular flexibility index (Phi) is 6.52. The number of hydrogen-bond donors (Lipinski definition) is 1. The lowest BCUT2D eigenvalue weighted by Gasteiger charge is -2.23. The number of aromatic nitrogens is 4. The summed E-state index contributed by atoms with van der Waals surface area (Å²) in [6.45, 7) is 0.311. The highest BCUT2D eigenvalue weighted by Gasteiger charge is 2.35. The normalized spacial score (nSPS) is 18.3.